The molecular formula is C16H18O4. The van der Waals surface area contributed by atoms with Crippen LogP contribution in [0.1, 0.15) is 34.4 Å². The molecule has 0 saturated heterocycles. The van der Waals surface area contributed by atoms with Crippen LogP contribution in [0.4, 0.5) is 0 Å². The fourth-order valence-corrected chi connectivity index (χ4v) is 1.99. The van der Waals surface area contributed by atoms with Crippen molar-refractivity contribution < 1.29 is 18.7 Å². The lowest BCUT2D eigenvalue weighted by Crippen LogP contribution is -2.04. The Morgan fingerprint density at radius 1 is 1.25 bits per heavy atom. The third-order valence-electron chi connectivity index (χ3n) is 3.00. The molecule has 0 N–H and O–H groups in total. The van der Waals surface area contributed by atoms with E-state index in [1.807, 2.05) is 24.3 Å². The highest BCUT2D eigenvalue weighted by Crippen LogP contribution is 2.20. The van der Waals surface area contributed by atoms with E-state index in [9.17, 15) is 4.79 Å². The van der Waals surface area contributed by atoms with Gasteiger partial charge in [-0.05, 0) is 37.6 Å². The highest BCUT2D eigenvalue weighted by molar-refractivity contribution is 5.90. The molecule has 0 saturated carbocycles. The van der Waals surface area contributed by atoms with Crippen molar-refractivity contribution >= 4 is 5.97 Å². The summed E-state index contributed by atoms with van der Waals surface area (Å²) in [7, 11) is 1.64. The zero-order valence-electron chi connectivity index (χ0n) is 11.9. The fourth-order valence-electron chi connectivity index (χ4n) is 1.99. The Kier molecular flexibility index (Phi) is 4.45. The highest BCUT2D eigenvalue weighted by Gasteiger charge is 2.16. The van der Waals surface area contributed by atoms with E-state index < -0.39 is 0 Å². The average Bonchev–Trinajstić information content (AvgIpc) is 2.81. The van der Waals surface area contributed by atoms with Gasteiger partial charge in [0.2, 0.25) is 0 Å². The van der Waals surface area contributed by atoms with Gasteiger partial charge in [0, 0.05) is 6.42 Å². The van der Waals surface area contributed by atoms with Crippen LogP contribution >= 0.6 is 0 Å². The predicted octanol–water partition coefficient (Wildman–Crippen LogP) is 3.36. The Hall–Kier alpha value is -2.23. The van der Waals surface area contributed by atoms with Gasteiger partial charge in [0.15, 0.2) is 0 Å². The predicted molar refractivity (Wildman–Crippen MR) is 75.2 cm³/mol. The molecule has 4 heteroatoms. The van der Waals surface area contributed by atoms with Gasteiger partial charge in [0.1, 0.15) is 22.8 Å². The number of furan rings is 1. The summed E-state index contributed by atoms with van der Waals surface area (Å²) in [6, 6.07) is 9.49. The summed E-state index contributed by atoms with van der Waals surface area (Å²) >= 11 is 0. The van der Waals surface area contributed by atoms with Gasteiger partial charge in [0.05, 0.1) is 13.7 Å². The molecule has 0 fully saturated rings. The topological polar surface area (TPSA) is 48.7 Å². The fraction of sp³-hybridized carbons (Fsp3) is 0.312. The lowest BCUT2D eigenvalue weighted by Gasteiger charge is -2.01. The summed E-state index contributed by atoms with van der Waals surface area (Å²) in [5.41, 5.74) is 1.59. The first-order valence-electron chi connectivity index (χ1n) is 6.53. The van der Waals surface area contributed by atoms with Crippen molar-refractivity contribution in [1.82, 2.24) is 0 Å². The third-order valence-corrected chi connectivity index (χ3v) is 3.00. The molecule has 0 bridgehead atoms. The number of aryl methyl sites for hydroxylation is 1. The first kappa shape index (κ1) is 14.2. The van der Waals surface area contributed by atoms with Gasteiger partial charge in [-0.15, -0.1) is 0 Å². The Balaban J connectivity index is 2.13. The summed E-state index contributed by atoms with van der Waals surface area (Å²) in [5.74, 6) is 1.81. The van der Waals surface area contributed by atoms with E-state index in [2.05, 4.69) is 0 Å². The zero-order chi connectivity index (χ0) is 14.5. The summed E-state index contributed by atoms with van der Waals surface area (Å²) < 4.78 is 15.7. The maximum atomic E-state index is 11.7. The smallest absolute Gasteiger partial charge is 0.341 e. The molecule has 0 aliphatic rings. The van der Waals surface area contributed by atoms with Crippen LogP contribution in [0.2, 0.25) is 0 Å². The van der Waals surface area contributed by atoms with Gasteiger partial charge in [-0.3, -0.25) is 0 Å². The maximum absolute atomic E-state index is 11.7. The lowest BCUT2D eigenvalue weighted by molar-refractivity contribution is 0.0524. The van der Waals surface area contributed by atoms with Gasteiger partial charge in [0.25, 0.3) is 0 Å². The van der Waals surface area contributed by atoms with Gasteiger partial charge in [-0.1, -0.05) is 12.1 Å². The molecule has 0 atom stereocenters. The SMILES string of the molecule is CCOC(=O)c1cc(Cc2ccc(OC)cc2)oc1C. The Bertz CT molecular complexity index is 581. The molecule has 0 amide bonds. The molecule has 2 aromatic rings. The summed E-state index contributed by atoms with van der Waals surface area (Å²) in [6.07, 6.45) is 0.629. The maximum Gasteiger partial charge on any atom is 0.341 e. The molecular weight excluding hydrogens is 256 g/mol. The number of hydrogen-bond acceptors (Lipinski definition) is 4. The number of benzene rings is 1. The zero-order valence-corrected chi connectivity index (χ0v) is 11.9. The molecule has 106 valence electrons. The van der Waals surface area contributed by atoms with E-state index in [4.69, 9.17) is 13.9 Å². The quantitative estimate of drug-likeness (QED) is 0.784. The van der Waals surface area contributed by atoms with Crippen molar-refractivity contribution in [2.45, 2.75) is 20.3 Å². The highest BCUT2D eigenvalue weighted by atomic mass is 16.5. The largest absolute Gasteiger partial charge is 0.497 e. The molecule has 0 unspecified atom stereocenters. The number of methoxy groups -OCH3 is 1. The van der Waals surface area contributed by atoms with Crippen LogP contribution in [0.3, 0.4) is 0 Å². The molecule has 0 radical (unpaired) electrons. The molecule has 1 heterocycles. The summed E-state index contributed by atoms with van der Waals surface area (Å²) in [5, 5.41) is 0. The average molecular weight is 274 g/mol. The van der Waals surface area contributed by atoms with E-state index in [0.717, 1.165) is 17.1 Å². The number of carbonyl (C=O) groups is 1. The van der Waals surface area contributed by atoms with Gasteiger partial charge >= 0.3 is 5.97 Å². The molecule has 4 nitrogen and oxygen atoms in total. The molecule has 0 aliphatic carbocycles. The monoisotopic (exact) mass is 274 g/mol. The molecule has 1 aromatic heterocycles. The Morgan fingerprint density at radius 2 is 1.95 bits per heavy atom. The van der Waals surface area contributed by atoms with Crippen molar-refractivity contribution in [1.29, 1.82) is 0 Å². The van der Waals surface area contributed by atoms with Gasteiger partial charge in [-0.2, -0.15) is 0 Å². The molecule has 0 spiro atoms. The van der Waals surface area contributed by atoms with Crippen molar-refractivity contribution in [3.63, 3.8) is 0 Å². The molecule has 20 heavy (non-hydrogen) atoms. The van der Waals surface area contributed by atoms with Crippen LogP contribution in [-0.4, -0.2) is 19.7 Å². The second-order valence-corrected chi connectivity index (χ2v) is 4.43. The van der Waals surface area contributed by atoms with E-state index in [1.54, 1.807) is 27.0 Å². The Morgan fingerprint density at radius 3 is 2.55 bits per heavy atom. The Labute approximate surface area is 118 Å². The van der Waals surface area contributed by atoms with Crippen LogP contribution in [-0.2, 0) is 11.2 Å². The van der Waals surface area contributed by atoms with Gasteiger partial charge in [-0.25, -0.2) is 4.79 Å². The molecule has 1 aromatic carbocycles. The van der Waals surface area contributed by atoms with Crippen LogP contribution in [0, 0.1) is 6.92 Å². The number of ether oxygens (including phenoxy) is 2. The first-order valence-corrected chi connectivity index (χ1v) is 6.53. The van der Waals surface area contributed by atoms with E-state index in [1.165, 1.54) is 0 Å². The van der Waals surface area contributed by atoms with Gasteiger partial charge < -0.3 is 13.9 Å². The molecule has 2 rings (SSSR count). The minimum atomic E-state index is -0.338. The van der Waals surface area contributed by atoms with Crippen LogP contribution in [0.25, 0.3) is 0 Å². The van der Waals surface area contributed by atoms with Crippen molar-refractivity contribution in [2.24, 2.45) is 0 Å². The normalized spacial score (nSPS) is 10.3. The summed E-state index contributed by atoms with van der Waals surface area (Å²) in [4.78, 5) is 11.7. The standard InChI is InChI=1S/C16H18O4/c1-4-19-16(17)15-10-14(20-11(15)2)9-12-5-7-13(18-3)8-6-12/h5-8,10H,4,9H2,1-3H3. The molecule has 0 aliphatic heterocycles. The van der Waals surface area contributed by atoms with Crippen LogP contribution in [0.5, 0.6) is 5.75 Å². The van der Waals surface area contributed by atoms with E-state index >= 15 is 0 Å². The van der Waals surface area contributed by atoms with E-state index in [0.29, 0.717) is 24.4 Å². The van der Waals surface area contributed by atoms with E-state index in [-0.39, 0.29) is 5.97 Å². The number of rotatable bonds is 5. The summed E-state index contributed by atoms with van der Waals surface area (Å²) in [6.45, 7) is 3.91. The lowest BCUT2D eigenvalue weighted by atomic mass is 10.1. The van der Waals surface area contributed by atoms with Crippen molar-refractivity contribution in [3.05, 3.63) is 53.0 Å². The van der Waals surface area contributed by atoms with Crippen molar-refractivity contribution in [2.75, 3.05) is 13.7 Å². The second-order valence-electron chi connectivity index (χ2n) is 4.43. The number of esters is 1. The number of hydrogen-bond donors (Lipinski definition) is 0. The minimum absolute atomic E-state index is 0.338. The second kappa shape index (κ2) is 6.28. The third kappa shape index (κ3) is 3.20. The first-order chi connectivity index (χ1) is 9.63. The van der Waals surface area contributed by atoms with Crippen LogP contribution < -0.4 is 4.74 Å². The van der Waals surface area contributed by atoms with Crippen molar-refractivity contribution in [3.8, 4) is 5.75 Å². The number of carbonyl (C=O) groups excluding carboxylic acids is 1. The van der Waals surface area contributed by atoms with Crippen LogP contribution in [0.15, 0.2) is 34.7 Å². The minimum Gasteiger partial charge on any atom is -0.497 e.